The van der Waals surface area contributed by atoms with Crippen molar-refractivity contribution in [3.05, 3.63) is 76.9 Å². The number of amides is 1. The van der Waals surface area contributed by atoms with Crippen molar-refractivity contribution >= 4 is 23.3 Å². The summed E-state index contributed by atoms with van der Waals surface area (Å²) in [6.45, 7) is 2.08. The van der Waals surface area contributed by atoms with Crippen LogP contribution in [0.3, 0.4) is 0 Å². The fraction of sp³-hybridized carbons (Fsp3) is 0.280. The summed E-state index contributed by atoms with van der Waals surface area (Å²) in [5, 5.41) is 18.3. The molecule has 0 atom stereocenters. The van der Waals surface area contributed by atoms with Gasteiger partial charge in [0.2, 0.25) is 0 Å². The minimum atomic E-state index is -0.517. The lowest BCUT2D eigenvalue weighted by atomic mass is 10.0. The van der Waals surface area contributed by atoms with Crippen LogP contribution in [0.5, 0.6) is 5.75 Å². The lowest BCUT2D eigenvalue weighted by molar-refractivity contribution is 0.0947. The van der Waals surface area contributed by atoms with Crippen molar-refractivity contribution < 1.29 is 13.9 Å². The van der Waals surface area contributed by atoms with E-state index < -0.39 is 11.7 Å². The van der Waals surface area contributed by atoms with Gasteiger partial charge in [0.15, 0.2) is 0 Å². The van der Waals surface area contributed by atoms with Gasteiger partial charge in [-0.15, -0.1) is 0 Å². The number of carbonyl (C=O) groups excluding carboxylic acids is 1. The van der Waals surface area contributed by atoms with E-state index in [0.717, 1.165) is 37.6 Å². The second kappa shape index (κ2) is 10.9. The first kappa shape index (κ1) is 24.1. The van der Waals surface area contributed by atoms with Crippen LogP contribution < -0.4 is 26.4 Å². The van der Waals surface area contributed by atoms with E-state index in [4.69, 9.17) is 15.9 Å². The van der Waals surface area contributed by atoms with Gasteiger partial charge in [0.25, 0.3) is 5.91 Å². The molecule has 0 radical (unpaired) electrons. The Balaban J connectivity index is 1.45. The van der Waals surface area contributed by atoms with E-state index in [2.05, 4.69) is 25.9 Å². The minimum Gasteiger partial charge on any atom is -0.496 e. The predicted octanol–water partition coefficient (Wildman–Crippen LogP) is 2.72. The van der Waals surface area contributed by atoms with E-state index in [9.17, 15) is 9.18 Å². The number of methoxy groups -OCH3 is 1. The maximum atomic E-state index is 13.6. The van der Waals surface area contributed by atoms with Crippen LogP contribution in [0.4, 0.5) is 16.0 Å². The largest absolute Gasteiger partial charge is 0.496 e. The average Bonchev–Trinajstić information content (AvgIpc) is 2.88. The molecule has 3 aromatic rings. The minimum absolute atomic E-state index is 0.124. The van der Waals surface area contributed by atoms with Gasteiger partial charge in [-0.25, -0.2) is 14.4 Å². The van der Waals surface area contributed by atoms with Gasteiger partial charge in [0.1, 0.15) is 29.5 Å². The molecule has 6 N–H and O–H groups in total. The molecule has 1 aromatic heterocycles. The molecule has 1 saturated heterocycles. The molecule has 9 nitrogen and oxygen atoms in total. The molecule has 1 aliphatic heterocycles. The molecule has 10 heteroatoms. The lowest BCUT2D eigenvalue weighted by Crippen LogP contribution is -2.36. The fourth-order valence-corrected chi connectivity index (χ4v) is 3.98. The molecule has 0 spiro atoms. The molecule has 4 rings (SSSR count). The maximum absolute atomic E-state index is 13.6. The van der Waals surface area contributed by atoms with Crippen molar-refractivity contribution in [3.8, 4) is 5.75 Å². The monoisotopic (exact) mass is 477 g/mol. The number of nitrogens with two attached hydrogens (primary N) is 1. The molecule has 1 aliphatic rings. The zero-order valence-corrected chi connectivity index (χ0v) is 19.4. The van der Waals surface area contributed by atoms with Gasteiger partial charge in [-0.2, -0.15) is 0 Å². The third-order valence-corrected chi connectivity index (χ3v) is 5.91. The maximum Gasteiger partial charge on any atom is 0.255 e. The highest BCUT2D eigenvalue weighted by Crippen LogP contribution is 2.24. The number of halogens is 1. The standard InChI is InChI=1S/C25H28FN7O2/c1-35-20-7-6-17(26)12-19(20)25(34)30-13-15-2-4-16(5-3-15)22(27)21-23(28)31-14-32-24(21)33-18-8-10-29-11-9-18/h2-7,12,14,18,27,29H,8-11,13H2,1H3,(H,30,34)(H3,28,31,32,33). The quantitative estimate of drug-likeness (QED) is 0.315. The molecule has 182 valence electrons. The normalized spacial score (nSPS) is 13.8. The summed E-state index contributed by atoms with van der Waals surface area (Å²) in [7, 11) is 1.43. The van der Waals surface area contributed by atoms with E-state index in [0.29, 0.717) is 22.7 Å². The van der Waals surface area contributed by atoms with Crippen molar-refractivity contribution in [2.24, 2.45) is 0 Å². The Bertz CT molecular complexity index is 1210. The average molecular weight is 478 g/mol. The number of nitrogen functional groups attached to an aromatic ring is 1. The Morgan fingerprint density at radius 3 is 2.66 bits per heavy atom. The first-order valence-corrected chi connectivity index (χ1v) is 11.3. The van der Waals surface area contributed by atoms with E-state index in [1.807, 2.05) is 12.1 Å². The van der Waals surface area contributed by atoms with Gasteiger partial charge < -0.3 is 26.4 Å². The van der Waals surface area contributed by atoms with Gasteiger partial charge in [0, 0.05) is 18.2 Å². The summed E-state index contributed by atoms with van der Waals surface area (Å²) in [6.07, 6.45) is 3.31. The van der Waals surface area contributed by atoms with Gasteiger partial charge in [-0.1, -0.05) is 24.3 Å². The summed E-state index contributed by atoms with van der Waals surface area (Å²) >= 11 is 0. The van der Waals surface area contributed by atoms with E-state index >= 15 is 0 Å². The van der Waals surface area contributed by atoms with Crippen LogP contribution in [0.1, 0.15) is 39.9 Å². The molecule has 0 unspecified atom stereocenters. The zero-order chi connectivity index (χ0) is 24.8. The number of carbonyl (C=O) groups is 1. The number of benzene rings is 2. The summed E-state index contributed by atoms with van der Waals surface area (Å²) < 4.78 is 18.7. The molecule has 0 bridgehead atoms. The van der Waals surface area contributed by atoms with Crippen LogP contribution in [0, 0.1) is 11.2 Å². The van der Waals surface area contributed by atoms with Crippen LogP contribution in [-0.2, 0) is 6.54 Å². The second-order valence-electron chi connectivity index (χ2n) is 8.25. The van der Waals surface area contributed by atoms with Crippen LogP contribution in [-0.4, -0.2) is 47.8 Å². The number of anilines is 2. The SMILES string of the molecule is COc1ccc(F)cc1C(=O)NCc1ccc(C(=N)c2c(N)ncnc2NC2CCNCC2)cc1. The van der Waals surface area contributed by atoms with Crippen LogP contribution in [0.2, 0.25) is 0 Å². The van der Waals surface area contributed by atoms with Crippen molar-refractivity contribution in [2.45, 2.75) is 25.4 Å². The first-order valence-electron chi connectivity index (χ1n) is 11.3. The molecule has 2 heterocycles. The number of rotatable bonds is 8. The molecular formula is C25H28FN7O2. The van der Waals surface area contributed by atoms with Crippen molar-refractivity contribution in [1.82, 2.24) is 20.6 Å². The molecule has 1 fully saturated rings. The molecule has 2 aromatic carbocycles. The summed E-state index contributed by atoms with van der Waals surface area (Å²) in [5.41, 5.74) is 8.39. The Morgan fingerprint density at radius 2 is 1.94 bits per heavy atom. The van der Waals surface area contributed by atoms with E-state index in [1.165, 1.54) is 25.6 Å². The van der Waals surface area contributed by atoms with Crippen LogP contribution >= 0.6 is 0 Å². The molecule has 0 saturated carbocycles. The summed E-state index contributed by atoms with van der Waals surface area (Å²) in [5.74, 6) is 0.124. The summed E-state index contributed by atoms with van der Waals surface area (Å²) in [6, 6.07) is 11.2. The second-order valence-corrected chi connectivity index (χ2v) is 8.25. The highest BCUT2D eigenvalue weighted by molar-refractivity contribution is 6.16. The number of nitrogens with zero attached hydrogens (tertiary/aromatic N) is 2. The third kappa shape index (κ3) is 5.72. The highest BCUT2D eigenvalue weighted by atomic mass is 19.1. The fourth-order valence-electron chi connectivity index (χ4n) is 3.98. The molecule has 35 heavy (non-hydrogen) atoms. The Morgan fingerprint density at radius 1 is 1.20 bits per heavy atom. The number of hydrogen-bond acceptors (Lipinski definition) is 8. The third-order valence-electron chi connectivity index (χ3n) is 5.91. The van der Waals surface area contributed by atoms with Crippen LogP contribution in [0.15, 0.2) is 48.8 Å². The van der Waals surface area contributed by atoms with Gasteiger partial charge >= 0.3 is 0 Å². The Hall–Kier alpha value is -4.05. The number of piperidine rings is 1. The number of aromatic nitrogens is 2. The number of ether oxygens (including phenoxy) is 1. The zero-order valence-electron chi connectivity index (χ0n) is 19.4. The number of nitrogens with one attached hydrogen (secondary N) is 4. The van der Waals surface area contributed by atoms with Crippen molar-refractivity contribution in [2.75, 3.05) is 31.2 Å². The molecule has 1 amide bonds. The Labute approximate surface area is 202 Å². The predicted molar refractivity (Wildman–Crippen MR) is 132 cm³/mol. The highest BCUT2D eigenvalue weighted by Gasteiger charge is 2.20. The van der Waals surface area contributed by atoms with Crippen molar-refractivity contribution in [3.63, 3.8) is 0 Å². The van der Waals surface area contributed by atoms with Gasteiger partial charge in [-0.05, 0) is 49.7 Å². The first-order chi connectivity index (χ1) is 17.0. The molecule has 0 aliphatic carbocycles. The lowest BCUT2D eigenvalue weighted by Gasteiger charge is -2.25. The Kier molecular flexibility index (Phi) is 7.51. The number of hydrogen-bond donors (Lipinski definition) is 5. The van der Waals surface area contributed by atoms with Crippen molar-refractivity contribution in [1.29, 1.82) is 5.41 Å². The van der Waals surface area contributed by atoms with Gasteiger partial charge in [-0.3, -0.25) is 10.2 Å². The smallest absolute Gasteiger partial charge is 0.255 e. The topological polar surface area (TPSA) is 138 Å². The van der Waals surface area contributed by atoms with Crippen LogP contribution in [0.25, 0.3) is 0 Å². The van der Waals surface area contributed by atoms with Gasteiger partial charge in [0.05, 0.1) is 23.9 Å². The summed E-state index contributed by atoms with van der Waals surface area (Å²) in [4.78, 5) is 20.9. The van der Waals surface area contributed by atoms with E-state index in [1.54, 1.807) is 12.1 Å². The van der Waals surface area contributed by atoms with E-state index in [-0.39, 0.29) is 29.7 Å². The molecular weight excluding hydrogens is 449 g/mol.